The number of anilines is 1. The number of nitrogens with one attached hydrogen (secondary N) is 2. The standard InChI is InChI=1S/C31H32ClN3O5/c1-40-25-12-17(11-23(32)30(25)37)16-4-5-24-20(10-16)28(22(13-33-24)29(36)15-2-3-15)34-26-18-6-14-7-19(9-18)27(21(26)8-14)35-31(38)39/h4-5,10-15,18-19,21,26-27,35,37H,2-3,6-9H2,1H3,(H,33,34)(H,38,39). The average Bonchev–Trinajstić information content (AvgIpc) is 3.79. The minimum absolute atomic E-state index is 0.0306. The van der Waals surface area contributed by atoms with Gasteiger partial charge in [-0.1, -0.05) is 17.7 Å². The van der Waals surface area contributed by atoms with Crippen molar-refractivity contribution in [1.82, 2.24) is 10.3 Å². The van der Waals surface area contributed by atoms with Gasteiger partial charge in [0, 0.05) is 35.5 Å². The molecule has 4 bridgehead atoms. The molecule has 0 spiro atoms. The fourth-order valence-electron chi connectivity index (χ4n) is 7.85. The Balaban J connectivity index is 1.34. The first-order valence-corrected chi connectivity index (χ1v) is 14.5. The monoisotopic (exact) mass is 561 g/mol. The number of fused-ring (bicyclic) bond motifs is 1. The van der Waals surface area contributed by atoms with Gasteiger partial charge in [0.25, 0.3) is 0 Å². The number of hydrogen-bond acceptors (Lipinski definition) is 6. The zero-order valence-electron chi connectivity index (χ0n) is 22.2. The number of rotatable bonds is 7. The molecule has 5 aliphatic rings. The number of aromatic hydroxyl groups is 1. The van der Waals surface area contributed by atoms with Gasteiger partial charge in [-0.3, -0.25) is 9.78 Å². The number of carbonyl (C=O) groups excluding carboxylic acids is 1. The Hall–Kier alpha value is -3.52. The number of ketones is 1. The number of pyridine rings is 1. The van der Waals surface area contributed by atoms with Crippen molar-refractivity contribution in [3.63, 3.8) is 0 Å². The molecule has 5 fully saturated rings. The largest absolute Gasteiger partial charge is 0.503 e. The maximum absolute atomic E-state index is 13.5. The topological polar surface area (TPSA) is 121 Å². The Kier molecular flexibility index (Phi) is 6.07. The lowest BCUT2D eigenvalue weighted by atomic mass is 9.52. The molecule has 6 unspecified atom stereocenters. The van der Waals surface area contributed by atoms with Crippen LogP contribution in [0.5, 0.6) is 11.5 Å². The van der Waals surface area contributed by atoms with E-state index in [9.17, 15) is 19.8 Å². The van der Waals surface area contributed by atoms with Gasteiger partial charge >= 0.3 is 6.09 Å². The van der Waals surface area contributed by atoms with Crippen molar-refractivity contribution in [2.45, 2.75) is 50.6 Å². The SMILES string of the molecule is COc1cc(-c2ccc3ncc(C(=O)C4CC4)c(NC4C5CC6CC(C5)C(NC(=O)O)C4C6)c3c2)cc(Cl)c1O. The van der Waals surface area contributed by atoms with Gasteiger partial charge in [-0.2, -0.15) is 0 Å². The highest BCUT2D eigenvalue weighted by atomic mass is 35.5. The lowest BCUT2D eigenvalue weighted by Crippen LogP contribution is -2.63. The van der Waals surface area contributed by atoms with E-state index < -0.39 is 6.09 Å². The third-order valence-electron chi connectivity index (χ3n) is 9.69. The van der Waals surface area contributed by atoms with Gasteiger partial charge in [0.05, 0.1) is 28.9 Å². The number of hydrogen-bond donors (Lipinski definition) is 4. The summed E-state index contributed by atoms with van der Waals surface area (Å²) in [5.41, 5.74) is 3.77. The van der Waals surface area contributed by atoms with Crippen molar-refractivity contribution in [2.75, 3.05) is 12.4 Å². The number of Topliss-reactive ketones (excluding diaryl/α,β-unsaturated/α-hetero) is 1. The average molecular weight is 562 g/mol. The lowest BCUT2D eigenvalue weighted by Gasteiger charge is -2.58. The number of halogens is 1. The van der Waals surface area contributed by atoms with E-state index in [1.54, 1.807) is 18.3 Å². The van der Waals surface area contributed by atoms with Gasteiger partial charge in [-0.05, 0) is 91.7 Å². The van der Waals surface area contributed by atoms with Crippen LogP contribution in [0.3, 0.4) is 0 Å². The molecule has 1 amide bonds. The minimum atomic E-state index is -0.970. The summed E-state index contributed by atoms with van der Waals surface area (Å²) in [4.78, 5) is 29.9. The molecule has 8 nitrogen and oxygen atoms in total. The number of phenolic OH excluding ortho intramolecular Hbond substituents is 1. The molecule has 3 aromatic rings. The molecule has 1 heterocycles. The first-order valence-electron chi connectivity index (χ1n) is 14.1. The first-order chi connectivity index (χ1) is 19.3. The molecule has 6 atom stereocenters. The molecule has 5 aliphatic carbocycles. The Bertz CT molecular complexity index is 1540. The second-order valence-electron chi connectivity index (χ2n) is 12.1. The summed E-state index contributed by atoms with van der Waals surface area (Å²) >= 11 is 6.31. The number of aromatic nitrogens is 1. The first kappa shape index (κ1) is 25.4. The van der Waals surface area contributed by atoms with E-state index in [0.29, 0.717) is 23.3 Å². The number of nitrogens with zero attached hydrogens (tertiary/aromatic N) is 1. The molecule has 5 saturated carbocycles. The van der Waals surface area contributed by atoms with Crippen LogP contribution >= 0.6 is 11.6 Å². The van der Waals surface area contributed by atoms with Crippen LogP contribution < -0.4 is 15.4 Å². The second kappa shape index (κ2) is 9.54. The third-order valence-corrected chi connectivity index (χ3v) is 9.97. The van der Waals surface area contributed by atoms with E-state index in [0.717, 1.165) is 66.2 Å². The summed E-state index contributed by atoms with van der Waals surface area (Å²) in [5, 5.41) is 27.5. The number of amides is 1. The van der Waals surface area contributed by atoms with Crippen LogP contribution in [-0.2, 0) is 0 Å². The molecule has 0 radical (unpaired) electrons. The summed E-state index contributed by atoms with van der Waals surface area (Å²) in [5.74, 6) is 1.93. The van der Waals surface area contributed by atoms with Crippen LogP contribution in [0.1, 0.15) is 48.9 Å². The van der Waals surface area contributed by atoms with E-state index in [-0.39, 0.29) is 46.2 Å². The molecule has 9 heteroatoms. The van der Waals surface area contributed by atoms with Crippen molar-refractivity contribution < 1.29 is 24.5 Å². The van der Waals surface area contributed by atoms with Crippen molar-refractivity contribution in [2.24, 2.45) is 29.6 Å². The second-order valence-corrected chi connectivity index (χ2v) is 12.5. The minimum Gasteiger partial charge on any atom is -0.503 e. The van der Waals surface area contributed by atoms with Crippen LogP contribution in [0.15, 0.2) is 36.5 Å². The predicted octanol–water partition coefficient (Wildman–Crippen LogP) is 6.34. The Morgan fingerprint density at radius 2 is 1.80 bits per heavy atom. The molecule has 208 valence electrons. The van der Waals surface area contributed by atoms with Gasteiger partial charge in [0.1, 0.15) is 0 Å². The van der Waals surface area contributed by atoms with Crippen molar-refractivity contribution in [3.8, 4) is 22.6 Å². The Morgan fingerprint density at radius 1 is 1.02 bits per heavy atom. The zero-order chi connectivity index (χ0) is 27.7. The lowest BCUT2D eigenvalue weighted by molar-refractivity contribution is -0.0224. The third kappa shape index (κ3) is 4.24. The summed E-state index contributed by atoms with van der Waals surface area (Å²) in [7, 11) is 1.48. The van der Waals surface area contributed by atoms with Crippen LogP contribution in [0.4, 0.5) is 10.5 Å². The highest BCUT2D eigenvalue weighted by Crippen LogP contribution is 2.55. The van der Waals surface area contributed by atoms with E-state index in [1.165, 1.54) is 7.11 Å². The highest BCUT2D eigenvalue weighted by molar-refractivity contribution is 6.32. The summed E-state index contributed by atoms with van der Waals surface area (Å²) in [6, 6.07) is 9.30. The number of methoxy groups -OCH3 is 1. The summed E-state index contributed by atoms with van der Waals surface area (Å²) in [6.07, 6.45) is 6.72. The molecule has 0 saturated heterocycles. The maximum Gasteiger partial charge on any atom is 0.404 e. The fraction of sp³-hybridized carbons (Fsp3) is 0.452. The van der Waals surface area contributed by atoms with Crippen LogP contribution in [0, 0.1) is 29.6 Å². The maximum atomic E-state index is 13.5. The number of carbonyl (C=O) groups is 2. The van der Waals surface area contributed by atoms with E-state index in [4.69, 9.17) is 16.3 Å². The molecule has 2 aromatic carbocycles. The van der Waals surface area contributed by atoms with Crippen LogP contribution in [-0.4, -0.2) is 46.3 Å². The van der Waals surface area contributed by atoms with E-state index in [1.807, 2.05) is 18.2 Å². The van der Waals surface area contributed by atoms with Crippen molar-refractivity contribution >= 4 is 40.1 Å². The molecule has 4 N–H and O–H groups in total. The van der Waals surface area contributed by atoms with Crippen molar-refractivity contribution in [3.05, 3.63) is 47.1 Å². The number of ether oxygens (including phenoxy) is 1. The summed E-state index contributed by atoms with van der Waals surface area (Å²) < 4.78 is 5.32. The van der Waals surface area contributed by atoms with Crippen molar-refractivity contribution in [1.29, 1.82) is 0 Å². The smallest absolute Gasteiger partial charge is 0.404 e. The van der Waals surface area contributed by atoms with Gasteiger partial charge in [-0.25, -0.2) is 4.79 Å². The molecule has 0 aliphatic heterocycles. The van der Waals surface area contributed by atoms with Crippen LogP contribution in [0.2, 0.25) is 5.02 Å². The van der Waals surface area contributed by atoms with Crippen LogP contribution in [0.25, 0.3) is 22.0 Å². The molecular formula is C31H32ClN3O5. The molecule has 40 heavy (non-hydrogen) atoms. The predicted molar refractivity (Wildman–Crippen MR) is 152 cm³/mol. The molecule has 8 rings (SSSR count). The van der Waals surface area contributed by atoms with Gasteiger partial charge in [0.2, 0.25) is 0 Å². The number of phenols is 1. The Morgan fingerprint density at radius 3 is 2.52 bits per heavy atom. The summed E-state index contributed by atoms with van der Waals surface area (Å²) in [6.45, 7) is 0. The Labute approximate surface area is 237 Å². The molecule has 1 aromatic heterocycles. The zero-order valence-corrected chi connectivity index (χ0v) is 22.9. The van der Waals surface area contributed by atoms with E-state index in [2.05, 4.69) is 15.6 Å². The normalized spacial score (nSPS) is 28.4. The quantitative estimate of drug-likeness (QED) is 0.248. The number of benzene rings is 2. The molecular weight excluding hydrogens is 530 g/mol. The van der Waals surface area contributed by atoms with Gasteiger partial charge in [-0.15, -0.1) is 0 Å². The van der Waals surface area contributed by atoms with Gasteiger partial charge in [0.15, 0.2) is 17.3 Å². The fourth-order valence-corrected chi connectivity index (χ4v) is 8.06. The van der Waals surface area contributed by atoms with E-state index >= 15 is 0 Å². The van der Waals surface area contributed by atoms with Gasteiger partial charge < -0.3 is 25.6 Å². The number of carboxylic acid groups (broad SMARTS) is 1. The highest BCUT2D eigenvalue weighted by Gasteiger charge is 2.54.